The van der Waals surface area contributed by atoms with Crippen LogP contribution in [0, 0.1) is 11.8 Å². The molecule has 0 aromatic rings. The van der Waals surface area contributed by atoms with Gasteiger partial charge in [0.1, 0.15) is 0 Å². The minimum atomic E-state index is 0.678. The quantitative estimate of drug-likeness (QED) is 0.584. The number of piperidine rings is 2. The SMILES string of the molecule is ON=C1CC2CCCC(C1)N2[C@H]1C[C@@H]2CCC[C@@H](C2)C1. The number of rotatable bonds is 1. The molecule has 4 fully saturated rings. The second kappa shape index (κ2) is 5.32. The fourth-order valence-corrected chi connectivity index (χ4v) is 5.85. The summed E-state index contributed by atoms with van der Waals surface area (Å²) in [6.07, 6.45) is 15.0. The Labute approximate surface area is 122 Å². The summed E-state index contributed by atoms with van der Waals surface area (Å²) in [4.78, 5) is 2.89. The minimum absolute atomic E-state index is 0.678. The van der Waals surface area contributed by atoms with Gasteiger partial charge in [-0.25, -0.2) is 0 Å². The van der Waals surface area contributed by atoms with Crippen LogP contribution in [0.25, 0.3) is 0 Å². The van der Waals surface area contributed by atoms with Crippen molar-refractivity contribution in [1.29, 1.82) is 0 Å². The summed E-state index contributed by atoms with van der Waals surface area (Å²) in [7, 11) is 0. The lowest BCUT2D eigenvalue weighted by molar-refractivity contribution is -0.0150. The highest BCUT2D eigenvalue weighted by molar-refractivity contribution is 5.86. The van der Waals surface area contributed by atoms with Crippen LogP contribution in [-0.2, 0) is 0 Å². The Balaban J connectivity index is 1.52. The Morgan fingerprint density at radius 2 is 1.40 bits per heavy atom. The molecule has 0 aromatic carbocycles. The van der Waals surface area contributed by atoms with Gasteiger partial charge in [-0.3, -0.25) is 4.90 Å². The molecular formula is C17H28N2O. The Morgan fingerprint density at radius 1 is 0.800 bits per heavy atom. The third-order valence-electron chi connectivity index (χ3n) is 6.53. The zero-order chi connectivity index (χ0) is 13.5. The summed E-state index contributed by atoms with van der Waals surface area (Å²) in [5, 5.41) is 12.7. The first kappa shape index (κ1) is 13.1. The van der Waals surface area contributed by atoms with E-state index in [2.05, 4.69) is 10.1 Å². The molecular weight excluding hydrogens is 248 g/mol. The molecule has 4 rings (SSSR count). The summed E-state index contributed by atoms with van der Waals surface area (Å²) in [5.41, 5.74) is 1.06. The molecule has 1 N–H and O–H groups in total. The predicted octanol–water partition coefficient (Wildman–Crippen LogP) is 3.80. The van der Waals surface area contributed by atoms with Gasteiger partial charge in [0.2, 0.25) is 0 Å². The first-order valence-electron chi connectivity index (χ1n) is 8.80. The summed E-state index contributed by atoms with van der Waals surface area (Å²) >= 11 is 0. The van der Waals surface area contributed by atoms with Gasteiger partial charge in [0.15, 0.2) is 0 Å². The molecule has 0 radical (unpaired) electrons. The van der Waals surface area contributed by atoms with E-state index in [4.69, 9.17) is 5.21 Å². The Morgan fingerprint density at radius 3 is 2.00 bits per heavy atom. The van der Waals surface area contributed by atoms with Crippen molar-refractivity contribution in [3.05, 3.63) is 0 Å². The summed E-state index contributed by atoms with van der Waals surface area (Å²) in [6.45, 7) is 0. The van der Waals surface area contributed by atoms with E-state index in [1.807, 2.05) is 0 Å². The fourth-order valence-electron chi connectivity index (χ4n) is 5.85. The lowest BCUT2D eigenvalue weighted by Gasteiger charge is -2.53. The molecule has 3 nitrogen and oxygen atoms in total. The maximum atomic E-state index is 9.14. The lowest BCUT2D eigenvalue weighted by Crippen LogP contribution is -2.58. The first-order valence-corrected chi connectivity index (χ1v) is 8.80. The van der Waals surface area contributed by atoms with E-state index >= 15 is 0 Å². The van der Waals surface area contributed by atoms with Crippen LogP contribution in [0.1, 0.15) is 70.6 Å². The van der Waals surface area contributed by atoms with Crippen molar-refractivity contribution in [2.45, 2.75) is 88.8 Å². The molecule has 0 aromatic heterocycles. The van der Waals surface area contributed by atoms with E-state index in [1.54, 1.807) is 0 Å². The van der Waals surface area contributed by atoms with Gasteiger partial charge in [0.05, 0.1) is 5.71 Å². The van der Waals surface area contributed by atoms with Crippen molar-refractivity contribution >= 4 is 5.71 Å². The Bertz CT molecular complexity index is 366. The van der Waals surface area contributed by atoms with Crippen molar-refractivity contribution in [1.82, 2.24) is 4.90 Å². The summed E-state index contributed by atoms with van der Waals surface area (Å²) < 4.78 is 0. The average molecular weight is 276 g/mol. The second-order valence-electron chi connectivity index (χ2n) is 7.78. The third kappa shape index (κ3) is 2.28. The van der Waals surface area contributed by atoms with Crippen LogP contribution < -0.4 is 0 Å². The molecule has 5 atom stereocenters. The fraction of sp³-hybridized carbons (Fsp3) is 0.941. The first-order chi connectivity index (χ1) is 9.83. The van der Waals surface area contributed by atoms with Gasteiger partial charge in [0, 0.05) is 31.0 Å². The van der Waals surface area contributed by atoms with Gasteiger partial charge >= 0.3 is 0 Å². The number of fused-ring (bicyclic) bond motifs is 4. The normalized spacial score (nSPS) is 45.2. The molecule has 112 valence electrons. The van der Waals surface area contributed by atoms with Gasteiger partial charge in [0.25, 0.3) is 0 Å². The molecule has 4 aliphatic rings. The molecule has 2 saturated carbocycles. The van der Waals surface area contributed by atoms with E-state index in [0.717, 1.165) is 36.4 Å². The molecule has 4 bridgehead atoms. The van der Waals surface area contributed by atoms with Crippen molar-refractivity contribution in [2.24, 2.45) is 17.0 Å². The van der Waals surface area contributed by atoms with Crippen LogP contribution in [0.15, 0.2) is 5.16 Å². The van der Waals surface area contributed by atoms with Gasteiger partial charge < -0.3 is 5.21 Å². The molecule has 2 aliphatic carbocycles. The van der Waals surface area contributed by atoms with Gasteiger partial charge in [-0.05, 0) is 43.9 Å². The Kier molecular flexibility index (Phi) is 3.49. The van der Waals surface area contributed by atoms with E-state index in [1.165, 1.54) is 57.8 Å². The van der Waals surface area contributed by atoms with Crippen molar-refractivity contribution in [3.63, 3.8) is 0 Å². The van der Waals surface area contributed by atoms with Crippen LogP contribution in [0.3, 0.4) is 0 Å². The number of nitrogens with zero attached hydrogens (tertiary/aromatic N) is 2. The summed E-state index contributed by atoms with van der Waals surface area (Å²) in [6, 6.07) is 2.20. The van der Waals surface area contributed by atoms with E-state index in [-0.39, 0.29) is 0 Å². The van der Waals surface area contributed by atoms with Crippen LogP contribution in [0.2, 0.25) is 0 Å². The standard InChI is InChI=1S/C17H28N2O/c20-18-14-10-15-5-2-6-16(11-14)19(15)17-8-12-3-1-4-13(7-12)9-17/h12-13,15-17,20H,1-11H2/t12-,13+,15?,16?,17+. The predicted molar refractivity (Wildman–Crippen MR) is 80.2 cm³/mol. The zero-order valence-corrected chi connectivity index (χ0v) is 12.5. The molecule has 2 saturated heterocycles. The number of hydrogen-bond acceptors (Lipinski definition) is 3. The van der Waals surface area contributed by atoms with E-state index in [9.17, 15) is 0 Å². The highest BCUT2D eigenvalue weighted by Crippen LogP contribution is 2.45. The van der Waals surface area contributed by atoms with Crippen molar-refractivity contribution in [2.75, 3.05) is 0 Å². The molecule has 2 aliphatic heterocycles. The van der Waals surface area contributed by atoms with Crippen LogP contribution in [0.5, 0.6) is 0 Å². The minimum Gasteiger partial charge on any atom is -0.411 e. The summed E-state index contributed by atoms with van der Waals surface area (Å²) in [5.74, 6) is 2.03. The van der Waals surface area contributed by atoms with Crippen LogP contribution >= 0.6 is 0 Å². The van der Waals surface area contributed by atoms with Crippen LogP contribution in [0.4, 0.5) is 0 Å². The lowest BCUT2D eigenvalue weighted by atomic mass is 9.68. The van der Waals surface area contributed by atoms with E-state index in [0.29, 0.717) is 12.1 Å². The maximum Gasteiger partial charge on any atom is 0.0601 e. The van der Waals surface area contributed by atoms with Crippen molar-refractivity contribution < 1.29 is 5.21 Å². The van der Waals surface area contributed by atoms with Gasteiger partial charge in [-0.15, -0.1) is 0 Å². The molecule has 2 heterocycles. The second-order valence-corrected chi connectivity index (χ2v) is 7.78. The third-order valence-corrected chi connectivity index (χ3v) is 6.53. The molecule has 3 heteroatoms. The molecule has 20 heavy (non-hydrogen) atoms. The molecule has 2 unspecified atom stereocenters. The number of oxime groups is 1. The maximum absolute atomic E-state index is 9.14. The largest absolute Gasteiger partial charge is 0.411 e. The van der Waals surface area contributed by atoms with E-state index < -0.39 is 0 Å². The monoisotopic (exact) mass is 276 g/mol. The molecule has 0 spiro atoms. The zero-order valence-electron chi connectivity index (χ0n) is 12.5. The smallest absolute Gasteiger partial charge is 0.0601 e. The van der Waals surface area contributed by atoms with Gasteiger partial charge in [-0.1, -0.05) is 30.8 Å². The van der Waals surface area contributed by atoms with Crippen LogP contribution in [-0.4, -0.2) is 33.9 Å². The highest BCUT2D eigenvalue weighted by atomic mass is 16.4. The topological polar surface area (TPSA) is 35.8 Å². The Hall–Kier alpha value is -0.570. The van der Waals surface area contributed by atoms with Gasteiger partial charge in [-0.2, -0.15) is 0 Å². The van der Waals surface area contributed by atoms with Crippen molar-refractivity contribution in [3.8, 4) is 0 Å². The number of hydrogen-bond donors (Lipinski definition) is 1. The molecule has 0 amide bonds. The highest BCUT2D eigenvalue weighted by Gasteiger charge is 2.43. The average Bonchev–Trinajstić information content (AvgIpc) is 2.45.